The number of rotatable bonds is 11. The number of benzene rings is 4. The van der Waals surface area contributed by atoms with E-state index in [4.69, 9.17) is 16.3 Å². The molecule has 1 aliphatic heterocycles. The van der Waals surface area contributed by atoms with Crippen LogP contribution in [0, 0.1) is 0 Å². The van der Waals surface area contributed by atoms with Crippen molar-refractivity contribution in [3.05, 3.63) is 147 Å². The largest absolute Gasteiger partial charge is 0.434 e. The summed E-state index contributed by atoms with van der Waals surface area (Å²) in [5.41, 5.74) is 4.94. The van der Waals surface area contributed by atoms with Crippen molar-refractivity contribution in [1.82, 2.24) is 38.7 Å². The van der Waals surface area contributed by atoms with Gasteiger partial charge in [0.05, 0.1) is 47.1 Å². The topological polar surface area (TPSA) is 136 Å². The average molecular weight is 912 g/mol. The fourth-order valence-corrected chi connectivity index (χ4v) is 7.88. The lowest BCUT2D eigenvalue weighted by atomic mass is 10.1. The lowest BCUT2D eigenvalue weighted by molar-refractivity contribution is -0.0511. The van der Waals surface area contributed by atoms with Crippen molar-refractivity contribution >= 4 is 39.4 Å². The zero-order chi connectivity index (χ0) is 46.0. The van der Waals surface area contributed by atoms with Gasteiger partial charge in [0.25, 0.3) is 11.1 Å². The summed E-state index contributed by atoms with van der Waals surface area (Å²) in [6.07, 6.45) is 6.72. The van der Waals surface area contributed by atoms with Gasteiger partial charge in [0, 0.05) is 74.2 Å². The van der Waals surface area contributed by atoms with Gasteiger partial charge >= 0.3 is 13.2 Å². The molecule has 0 N–H and O–H groups in total. The van der Waals surface area contributed by atoms with Gasteiger partial charge in [-0.2, -0.15) is 17.6 Å². The molecule has 1 fully saturated rings. The van der Waals surface area contributed by atoms with Crippen LogP contribution < -0.4 is 25.5 Å². The second-order valence-electron chi connectivity index (χ2n) is 15.8. The summed E-state index contributed by atoms with van der Waals surface area (Å²) >= 11 is 5.75. The lowest BCUT2D eigenvalue weighted by Gasteiger charge is -2.38. The van der Waals surface area contributed by atoms with E-state index in [2.05, 4.69) is 34.3 Å². The van der Waals surface area contributed by atoms with E-state index >= 15 is 0 Å². The first kappa shape index (κ1) is 44.6. The monoisotopic (exact) mass is 911 g/mol. The number of hydrogen-bond acceptors (Lipinski definition) is 10. The Labute approximate surface area is 373 Å². The average Bonchev–Trinajstić information content (AvgIpc) is 3.66. The summed E-state index contributed by atoms with van der Waals surface area (Å²) in [6.45, 7) is 0.620. The third-order valence-electron chi connectivity index (χ3n) is 11.0. The summed E-state index contributed by atoms with van der Waals surface area (Å²) in [5.74, 6) is 0.788. The molecule has 0 saturated carbocycles. The molecule has 4 aromatic heterocycles. The summed E-state index contributed by atoms with van der Waals surface area (Å²) < 4.78 is 72.7. The van der Waals surface area contributed by atoms with Crippen LogP contribution in [0.1, 0.15) is 25.0 Å². The van der Waals surface area contributed by atoms with Gasteiger partial charge in [-0.1, -0.05) is 48.5 Å². The highest BCUT2D eigenvalue weighted by Crippen LogP contribution is 2.29. The molecule has 1 aliphatic rings. The Balaban J connectivity index is 0.000000181. The highest BCUT2D eigenvalue weighted by molar-refractivity contribution is 6.28. The van der Waals surface area contributed by atoms with Crippen LogP contribution in [0.25, 0.3) is 44.1 Å². The van der Waals surface area contributed by atoms with E-state index in [1.165, 1.54) is 21.5 Å². The van der Waals surface area contributed by atoms with E-state index in [1.54, 1.807) is 103 Å². The van der Waals surface area contributed by atoms with Gasteiger partial charge < -0.3 is 19.1 Å². The van der Waals surface area contributed by atoms with Crippen LogP contribution in [-0.4, -0.2) is 77.2 Å². The molecule has 0 aliphatic carbocycles. The molecule has 0 unspecified atom stereocenters. The zero-order valence-corrected chi connectivity index (χ0v) is 36.3. The van der Waals surface area contributed by atoms with Crippen molar-refractivity contribution in [3.8, 4) is 33.8 Å². The second-order valence-corrected chi connectivity index (χ2v) is 16.1. The first-order valence-electron chi connectivity index (χ1n) is 20.3. The Morgan fingerprint density at radius 1 is 0.662 bits per heavy atom. The maximum Gasteiger partial charge on any atom is 0.387 e. The molecule has 0 amide bonds. The Hall–Kier alpha value is -7.05. The molecule has 0 radical (unpaired) electrons. The van der Waals surface area contributed by atoms with Gasteiger partial charge in [0.15, 0.2) is 0 Å². The minimum absolute atomic E-state index is 0.0686. The number of morpholine rings is 1. The number of ether oxygens (including phenoxy) is 3. The molecule has 65 heavy (non-hydrogen) atoms. The fraction of sp³-hybridized carbons (Fsp3) is 0.261. The molecule has 19 heteroatoms. The van der Waals surface area contributed by atoms with E-state index in [0.717, 1.165) is 28.8 Å². The number of alkyl halides is 4. The number of aromatic nitrogens is 8. The molecule has 8 aromatic rings. The van der Waals surface area contributed by atoms with Gasteiger partial charge in [-0.15, -0.1) is 0 Å². The lowest BCUT2D eigenvalue weighted by Crippen LogP contribution is -2.48. The highest BCUT2D eigenvalue weighted by atomic mass is 35.5. The SMILES string of the molecule is Cn1c(=O)c2ccc(-c3cnc(Cl)nc3)cc2n1Cc1ccccc1OC(F)F.Cn1c(=O)c2ccc(-c3cnc(N4CCOC(C)(C)C4)nc3)cc2n1Cc1ccccc1OC(F)F. The Morgan fingerprint density at radius 3 is 1.55 bits per heavy atom. The van der Waals surface area contributed by atoms with Crippen LogP contribution in [0.5, 0.6) is 11.5 Å². The normalized spacial score (nSPS) is 13.7. The predicted molar refractivity (Wildman–Crippen MR) is 238 cm³/mol. The van der Waals surface area contributed by atoms with Gasteiger partial charge in [0.1, 0.15) is 11.5 Å². The summed E-state index contributed by atoms with van der Waals surface area (Å²) in [5, 5.41) is 1.18. The van der Waals surface area contributed by atoms with Crippen molar-refractivity contribution in [3.63, 3.8) is 0 Å². The smallest absolute Gasteiger partial charge is 0.387 e. The maximum atomic E-state index is 12.9. The highest BCUT2D eigenvalue weighted by Gasteiger charge is 2.28. The first-order chi connectivity index (χ1) is 31.2. The van der Waals surface area contributed by atoms with Gasteiger partial charge in [-0.05, 0) is 73.0 Å². The van der Waals surface area contributed by atoms with E-state index in [-0.39, 0.29) is 46.6 Å². The molecule has 4 aromatic carbocycles. The van der Waals surface area contributed by atoms with Crippen LogP contribution in [0.4, 0.5) is 23.5 Å². The van der Waals surface area contributed by atoms with Crippen molar-refractivity contribution < 1.29 is 31.8 Å². The predicted octanol–water partition coefficient (Wildman–Crippen LogP) is 8.16. The van der Waals surface area contributed by atoms with Crippen LogP contribution in [-0.2, 0) is 31.9 Å². The van der Waals surface area contributed by atoms with Crippen LogP contribution in [0.2, 0.25) is 5.28 Å². The fourth-order valence-electron chi connectivity index (χ4n) is 7.78. The number of nitrogens with zero attached hydrogens (tertiary/aromatic N) is 9. The minimum Gasteiger partial charge on any atom is -0.434 e. The molecular weight excluding hydrogens is 870 g/mol. The molecule has 9 rings (SSSR count). The Kier molecular flexibility index (Phi) is 12.7. The maximum absolute atomic E-state index is 12.9. The molecular formula is C46H42ClF4N9O5. The molecule has 0 bridgehead atoms. The van der Waals surface area contributed by atoms with Gasteiger partial charge in [0.2, 0.25) is 11.2 Å². The van der Waals surface area contributed by atoms with E-state index < -0.39 is 13.2 Å². The standard InChI is InChI=1S/C26H27F2N5O3.C20H15ClF2N4O2/c1-26(2)16-32(10-11-35-26)25-29-13-19(14-30-25)17-8-9-20-21(12-17)33(31(3)23(20)34)15-18-6-4-5-7-22(18)36-24(27)28;1-26-18(28)15-7-6-12(14-9-24-19(21)25-10-14)8-16(15)27(26)11-13-4-2-3-5-17(13)29-20(22)23/h4-9,12-14,24H,10-11,15-16H2,1-3H3;2-10,20H,11H2,1H3. The molecule has 5 heterocycles. The zero-order valence-electron chi connectivity index (χ0n) is 35.5. The van der Waals surface area contributed by atoms with Crippen molar-refractivity contribution in [2.45, 2.75) is 45.8 Å². The summed E-state index contributed by atoms with van der Waals surface area (Å²) in [4.78, 5) is 44.7. The van der Waals surface area contributed by atoms with Crippen molar-refractivity contribution in [2.24, 2.45) is 14.1 Å². The van der Waals surface area contributed by atoms with E-state index in [0.29, 0.717) is 52.0 Å². The number of anilines is 1. The van der Waals surface area contributed by atoms with Crippen LogP contribution >= 0.6 is 11.6 Å². The number of fused-ring (bicyclic) bond motifs is 2. The van der Waals surface area contributed by atoms with Crippen LogP contribution in [0.15, 0.2) is 119 Å². The third kappa shape index (κ3) is 9.73. The molecule has 0 spiro atoms. The molecule has 336 valence electrons. The van der Waals surface area contributed by atoms with Crippen molar-refractivity contribution in [1.29, 1.82) is 0 Å². The summed E-state index contributed by atoms with van der Waals surface area (Å²) in [6, 6.07) is 24.0. The summed E-state index contributed by atoms with van der Waals surface area (Å²) in [7, 11) is 3.28. The quantitative estimate of drug-likeness (QED) is 0.0924. The van der Waals surface area contributed by atoms with Gasteiger partial charge in [-0.25, -0.2) is 19.9 Å². The van der Waals surface area contributed by atoms with E-state index in [9.17, 15) is 27.2 Å². The second kappa shape index (κ2) is 18.6. The molecule has 14 nitrogen and oxygen atoms in total. The molecule has 0 atom stereocenters. The molecule has 1 saturated heterocycles. The Bertz CT molecular complexity index is 3100. The van der Waals surface area contributed by atoms with Gasteiger partial charge in [-0.3, -0.25) is 28.3 Å². The minimum atomic E-state index is -2.94. The Morgan fingerprint density at radius 2 is 1.11 bits per heavy atom. The third-order valence-corrected chi connectivity index (χ3v) is 11.2. The van der Waals surface area contributed by atoms with E-state index in [1.807, 2.05) is 32.0 Å². The number of para-hydroxylation sites is 2. The van der Waals surface area contributed by atoms with Crippen molar-refractivity contribution in [2.75, 3.05) is 24.6 Å². The number of hydrogen-bond donors (Lipinski definition) is 0. The first-order valence-corrected chi connectivity index (χ1v) is 20.7. The number of halogens is 5. The van der Waals surface area contributed by atoms with Crippen LogP contribution in [0.3, 0.4) is 0 Å².